The van der Waals surface area contributed by atoms with Crippen molar-refractivity contribution in [3.05, 3.63) is 126 Å². The Morgan fingerprint density at radius 2 is 0.748 bits per heavy atom. The summed E-state index contributed by atoms with van der Waals surface area (Å²) in [7, 11) is 12.9. The number of anilines is 5. The molecular formula is C86H144N18O17S6. The second-order valence-corrected chi connectivity index (χ2v) is 39.4. The lowest BCUT2D eigenvalue weighted by molar-refractivity contribution is -0.0414. The molecule has 7 aliphatic rings. The Kier molecular flexibility index (Phi) is 47.8. The maximum absolute atomic E-state index is 12.3. The molecule has 127 heavy (non-hydrogen) atoms. The van der Waals surface area contributed by atoms with Gasteiger partial charge in [-0.3, -0.25) is 22.8 Å². The van der Waals surface area contributed by atoms with Crippen LogP contribution in [0.25, 0.3) is 0 Å². The van der Waals surface area contributed by atoms with Crippen LogP contribution in [0.3, 0.4) is 0 Å². The number of thioether (sulfide) groups is 6. The van der Waals surface area contributed by atoms with Crippen LogP contribution >= 0.6 is 70.6 Å². The monoisotopic (exact) mass is 1890 g/mol. The third-order valence-electron chi connectivity index (χ3n) is 20.6. The van der Waals surface area contributed by atoms with Crippen LogP contribution in [0.2, 0.25) is 0 Å². The lowest BCUT2D eigenvalue weighted by Gasteiger charge is -2.36. The first kappa shape index (κ1) is 108. The molecule has 0 saturated carbocycles. The fourth-order valence-electron chi connectivity index (χ4n) is 13.4. The minimum atomic E-state index is -0.275. The number of ether oxygens (including phenoxy) is 12. The van der Waals surface area contributed by atoms with Crippen molar-refractivity contribution in [3.8, 4) is 0 Å². The Bertz CT molecular complexity index is 4380. The average molecular weight is 1890 g/mol. The van der Waals surface area contributed by atoms with Crippen molar-refractivity contribution in [3.63, 3.8) is 0 Å². The van der Waals surface area contributed by atoms with Gasteiger partial charge in [-0.15, -0.1) is 70.6 Å². The van der Waals surface area contributed by atoms with Gasteiger partial charge < -0.3 is 91.1 Å². The van der Waals surface area contributed by atoms with Crippen molar-refractivity contribution < 1.29 is 56.8 Å². The summed E-state index contributed by atoms with van der Waals surface area (Å²) in [6.07, 6.45) is 15.9. The predicted octanol–water partition coefficient (Wildman–Crippen LogP) is 11.3. The van der Waals surface area contributed by atoms with E-state index in [1.165, 1.54) is 0 Å². The molecule has 0 spiro atoms. The summed E-state index contributed by atoms with van der Waals surface area (Å²) >= 11 is 10.1. The zero-order valence-electron chi connectivity index (χ0n) is 79.0. The Labute approximate surface area is 776 Å². The second-order valence-electron chi connectivity index (χ2n) is 32.2. The highest BCUT2D eigenvalue weighted by molar-refractivity contribution is 8.01. The maximum Gasteiger partial charge on any atom is 0.351 e. The molecular weight excluding hydrogens is 1750 g/mol. The van der Waals surface area contributed by atoms with Crippen molar-refractivity contribution >= 4 is 105 Å². The largest absolute Gasteiger partial charge is 0.381 e. The molecule has 41 heteroatoms. The number of aliphatic imine (C=N–C) groups is 1. The lowest BCUT2D eigenvalue weighted by atomic mass is 10.1. The van der Waals surface area contributed by atoms with Crippen LogP contribution in [0.5, 0.6) is 0 Å². The molecule has 5 aromatic heterocycles. The number of hydrogen-bond donors (Lipinski definition) is 0. The SMILES string of the molecule is CCCN(C)c1ccn([C@H]2CS[C@@H](COCC)O2)c(=O)n1.CCCN(CCC)c1ccn([C@H]2CS[C@@H](COC)O2)c(=O)n1.CCCOC[C@H]1O[C@@H](n2ccc(N(C)CC)nc2=O)CS1.CCOC[C@H]1O[C@@H](n2ccc(N(C)C(C)C)nc2=O)CS1.COC[C@H]1O[C@@H](N2C=CC(N(C)C(C)(C)C)=NC2)CS1.COC[C@H]1O[C@@H](n2ccc(N(C(C)C)C(C)C)nc2=O)CS1. The molecule has 716 valence electrons. The van der Waals surface area contributed by atoms with Gasteiger partial charge in [-0.2, -0.15) is 24.9 Å². The predicted molar refractivity (Wildman–Crippen MR) is 518 cm³/mol. The summed E-state index contributed by atoms with van der Waals surface area (Å²) in [5.74, 6) is 9.20. The zero-order valence-corrected chi connectivity index (χ0v) is 83.9. The summed E-state index contributed by atoms with van der Waals surface area (Å²) < 4.78 is 74.4. The molecule has 35 nitrogen and oxygen atoms in total. The van der Waals surface area contributed by atoms with Crippen molar-refractivity contribution in [2.45, 2.75) is 230 Å². The third kappa shape index (κ3) is 33.9. The Morgan fingerprint density at radius 3 is 1.08 bits per heavy atom. The molecule has 6 saturated heterocycles. The van der Waals surface area contributed by atoms with Gasteiger partial charge in [0.15, 0.2) is 0 Å². The van der Waals surface area contributed by atoms with E-state index < -0.39 is 0 Å². The smallest absolute Gasteiger partial charge is 0.351 e. The van der Waals surface area contributed by atoms with Gasteiger partial charge in [-0.1, -0.05) is 27.7 Å². The molecule has 7 aliphatic heterocycles. The molecule has 5 aromatic rings. The first-order valence-corrected chi connectivity index (χ1v) is 50.4. The van der Waals surface area contributed by atoms with E-state index >= 15 is 0 Å². The van der Waals surface area contributed by atoms with Gasteiger partial charge in [0.2, 0.25) is 0 Å². The number of nitrogens with zero attached hydrogens (tertiary/aromatic N) is 18. The fourth-order valence-corrected chi connectivity index (χ4v) is 19.6. The van der Waals surface area contributed by atoms with E-state index in [-0.39, 0.29) is 116 Å². The minimum absolute atomic E-state index is 0.00792. The van der Waals surface area contributed by atoms with Crippen LogP contribution in [-0.4, -0.2) is 302 Å². The fraction of sp³-hybridized carbons (Fsp3) is 0.733. The summed E-state index contributed by atoms with van der Waals surface area (Å²) in [5, 5.41) is 0. The number of methoxy groups -OCH3 is 3. The first-order chi connectivity index (χ1) is 60.9. The molecule has 0 aliphatic carbocycles. The van der Waals surface area contributed by atoms with Crippen LogP contribution in [0.1, 0.15) is 168 Å². The summed E-state index contributed by atoms with van der Waals surface area (Å²) in [6.45, 7) is 43.0. The third-order valence-corrected chi connectivity index (χ3v) is 27.2. The van der Waals surface area contributed by atoms with E-state index in [0.717, 1.165) is 105 Å². The highest BCUT2D eigenvalue weighted by atomic mass is 32.2. The van der Waals surface area contributed by atoms with E-state index in [4.69, 9.17) is 56.8 Å². The van der Waals surface area contributed by atoms with E-state index in [1.807, 2.05) is 86.9 Å². The van der Waals surface area contributed by atoms with Gasteiger partial charge in [0.05, 0.1) is 39.6 Å². The topological polar surface area (TPSA) is 320 Å². The van der Waals surface area contributed by atoms with Crippen LogP contribution in [0.4, 0.5) is 29.1 Å². The highest BCUT2D eigenvalue weighted by Crippen LogP contribution is 2.37. The van der Waals surface area contributed by atoms with Crippen LogP contribution in [-0.2, 0) is 56.8 Å². The van der Waals surface area contributed by atoms with Crippen molar-refractivity contribution in [2.24, 2.45) is 4.99 Å². The van der Waals surface area contributed by atoms with Gasteiger partial charge >= 0.3 is 28.4 Å². The number of likely N-dealkylation sites (N-methyl/N-ethyl adjacent to an activating group) is 1. The molecule has 0 unspecified atom stereocenters. The maximum atomic E-state index is 12.3. The minimum Gasteiger partial charge on any atom is -0.381 e. The molecule has 0 bridgehead atoms. The lowest BCUT2D eigenvalue weighted by Crippen LogP contribution is -2.44. The van der Waals surface area contributed by atoms with Crippen LogP contribution in [0.15, 0.2) is 103 Å². The normalized spacial score (nSPS) is 22.5. The zero-order chi connectivity index (χ0) is 92.9. The molecule has 12 heterocycles. The first-order valence-electron chi connectivity index (χ1n) is 44.1. The van der Waals surface area contributed by atoms with E-state index in [9.17, 15) is 24.0 Å². The summed E-state index contributed by atoms with van der Waals surface area (Å²) in [6, 6.07) is 10.2. The summed E-state index contributed by atoms with van der Waals surface area (Å²) in [5.41, 5.74) is -1.19. The number of aromatic nitrogens is 10. The highest BCUT2D eigenvalue weighted by Gasteiger charge is 2.36. The van der Waals surface area contributed by atoms with E-state index in [0.29, 0.717) is 88.8 Å². The standard InChI is InChI=1S/2C15H25N3O3S.3C14H23N3O3S.C14H25N3O2S/c1-10(2)18(11(3)4)12-6-7-17(15(19)16-12)13-9-22-14(21-13)8-20-5;1-4-7-17(8-5-2)12-6-9-18(15(19)16-12)13-11-22-14(21-13)10-20-3;1-5-19-8-13-20-12(9-21-13)17-7-6-11(15-14(17)18)16(4)10(2)3;1-4-8-19-9-13-20-12(10-21-13)17-7-6-11(15-14(17)18)16(3)5-2;1-4-7-16(3)11-6-8-17(14(18)15-11)12-10-21-13(20-12)9-19-5-2;1-14(2,3)16(4)11-6-7-17(10-15-11)12-9-20-13(19-12)8-18-5/h6-7,10-11,13-14H,8-9H2,1-5H3;6,9,13-14H,4-5,7-8,10-11H2,1-3H3;6-7,10,12-13H,5,8-9H2,1-4H3;6-7,12-13H,4-5,8-10H2,1-3H3;6,8,12-13H,4-5,7,9-10H2,1-3H3;6-7,12-13H,8-10H2,1-5H3/t2*13-,14+;4*12-,13+/m111111/s1. The van der Waals surface area contributed by atoms with Crippen LogP contribution in [0, 0.1) is 0 Å². The number of rotatable bonds is 37. The molecule has 12 atom stereocenters. The quantitative estimate of drug-likeness (QED) is 0.0333. The Morgan fingerprint density at radius 1 is 0.417 bits per heavy atom. The van der Waals surface area contributed by atoms with Gasteiger partial charge in [-0.25, -0.2) is 29.0 Å². The molecule has 0 radical (unpaired) electrons. The van der Waals surface area contributed by atoms with Gasteiger partial charge in [-0.05, 0) is 145 Å². The Hall–Kier alpha value is -5.97. The van der Waals surface area contributed by atoms with Crippen molar-refractivity contribution in [1.82, 2.24) is 57.6 Å². The van der Waals surface area contributed by atoms with Crippen molar-refractivity contribution in [2.75, 3.05) is 201 Å². The van der Waals surface area contributed by atoms with Gasteiger partial charge in [0, 0.05) is 191 Å². The number of amidine groups is 1. The van der Waals surface area contributed by atoms with Crippen molar-refractivity contribution in [1.29, 1.82) is 0 Å². The molecule has 0 amide bonds. The summed E-state index contributed by atoms with van der Waals surface area (Å²) in [4.78, 5) is 101. The average Bonchev–Trinajstić information content (AvgIpc) is 1.74. The Balaban J connectivity index is 0.000000209. The number of hydrogen-bond acceptors (Lipinski definition) is 36. The molecule has 0 aromatic carbocycles. The molecule has 6 fully saturated rings. The van der Waals surface area contributed by atoms with Gasteiger partial charge in [0.25, 0.3) is 0 Å². The van der Waals surface area contributed by atoms with Gasteiger partial charge in [0.1, 0.15) is 112 Å². The van der Waals surface area contributed by atoms with E-state index in [2.05, 4.69) is 159 Å². The van der Waals surface area contributed by atoms with E-state index in [1.54, 1.807) is 146 Å². The van der Waals surface area contributed by atoms with Crippen LogP contribution < -0.4 is 52.9 Å². The molecule has 0 N–H and O–H groups in total. The molecule has 12 rings (SSSR count). The second kappa shape index (κ2) is 56.2.